The highest BCUT2D eigenvalue weighted by molar-refractivity contribution is 6.53. The predicted octanol–water partition coefficient (Wildman–Crippen LogP) is 2.46. The van der Waals surface area contributed by atoms with Crippen molar-refractivity contribution in [2.24, 2.45) is 0 Å². The van der Waals surface area contributed by atoms with Gasteiger partial charge < -0.3 is 0 Å². The van der Waals surface area contributed by atoms with E-state index in [1.807, 2.05) is 0 Å². The van der Waals surface area contributed by atoms with Crippen molar-refractivity contribution in [3.8, 4) is 0 Å². The van der Waals surface area contributed by atoms with Gasteiger partial charge in [-0.3, -0.25) is 0 Å². The van der Waals surface area contributed by atoms with Gasteiger partial charge in [-0.05, 0) is 10.8 Å². The topological polar surface area (TPSA) is 0 Å². The van der Waals surface area contributed by atoms with Crippen LogP contribution in [-0.4, -0.2) is 9.52 Å². The Balaban J connectivity index is 2.32. The normalized spacial score (nSPS) is 11.5. The first-order valence-electron chi connectivity index (χ1n) is 5.38. The molecule has 2 aromatic carbocycles. The molecule has 0 aliphatic rings. The van der Waals surface area contributed by atoms with Crippen LogP contribution in [0.4, 0.5) is 0 Å². The van der Waals surface area contributed by atoms with E-state index in [2.05, 4.69) is 49.4 Å². The molecule has 2 aromatic rings. The van der Waals surface area contributed by atoms with E-state index in [-0.39, 0.29) is 9.52 Å². The Morgan fingerprint density at radius 3 is 2.57 bits per heavy atom. The van der Waals surface area contributed by atoms with Gasteiger partial charge in [0.1, 0.15) is 0 Å². The summed E-state index contributed by atoms with van der Waals surface area (Å²) in [7, 11) is 0.000325. The van der Waals surface area contributed by atoms with Crippen molar-refractivity contribution in [2.45, 2.75) is 19.4 Å². The summed E-state index contributed by atoms with van der Waals surface area (Å²) in [5.41, 5.74) is 0. The van der Waals surface area contributed by atoms with Crippen molar-refractivity contribution in [3.63, 3.8) is 0 Å². The molecule has 2 rings (SSSR count). The fourth-order valence-corrected chi connectivity index (χ4v) is 3.19. The van der Waals surface area contributed by atoms with Crippen LogP contribution in [-0.2, 0) is 0 Å². The minimum atomic E-state index is 0.000325. The Bertz CT molecular complexity index is 420. The van der Waals surface area contributed by atoms with Gasteiger partial charge >= 0.3 is 0 Å². The van der Waals surface area contributed by atoms with E-state index >= 15 is 0 Å². The van der Waals surface area contributed by atoms with Crippen LogP contribution in [0.15, 0.2) is 42.5 Å². The Morgan fingerprint density at radius 2 is 1.79 bits per heavy atom. The lowest BCUT2D eigenvalue weighted by Gasteiger charge is -2.01. The molecule has 0 aromatic heterocycles. The third kappa shape index (κ3) is 2.04. The molecule has 0 fully saturated rings. The maximum Gasteiger partial charge on any atom is 0.0547 e. The molecule has 72 valence electrons. The van der Waals surface area contributed by atoms with Crippen LogP contribution in [0.2, 0.25) is 6.04 Å². The molecule has 0 spiro atoms. The predicted molar refractivity (Wildman–Crippen MR) is 67.2 cm³/mol. The third-order valence-corrected chi connectivity index (χ3v) is 4.71. The van der Waals surface area contributed by atoms with Crippen LogP contribution in [0.5, 0.6) is 0 Å². The molecular weight excluding hydrogens is 184 g/mol. The van der Waals surface area contributed by atoms with E-state index in [4.69, 9.17) is 0 Å². The van der Waals surface area contributed by atoms with Gasteiger partial charge in [0.15, 0.2) is 0 Å². The molecule has 0 saturated carbocycles. The Morgan fingerprint density at radius 1 is 1.00 bits per heavy atom. The molecule has 0 saturated heterocycles. The highest BCUT2D eigenvalue weighted by Gasteiger charge is 1.95. The van der Waals surface area contributed by atoms with Crippen molar-refractivity contribution in [1.82, 2.24) is 0 Å². The first kappa shape index (κ1) is 9.47. The monoisotopic (exact) mass is 200 g/mol. The zero-order chi connectivity index (χ0) is 9.80. The molecule has 0 radical (unpaired) electrons. The van der Waals surface area contributed by atoms with Crippen LogP contribution in [0, 0.1) is 0 Å². The summed E-state index contributed by atoms with van der Waals surface area (Å²) in [5.74, 6) is 0. The molecule has 0 amide bonds. The lowest BCUT2D eigenvalue weighted by molar-refractivity contribution is 1.08. The SMILES string of the molecule is CCC[SiH2]c1ccc2ccccc2c1. The molecule has 0 bridgehead atoms. The largest absolute Gasteiger partial charge is 0.0663 e. The number of hydrogen-bond acceptors (Lipinski definition) is 0. The Hall–Kier alpha value is -1.08. The van der Waals surface area contributed by atoms with Gasteiger partial charge in [-0.1, -0.05) is 67.0 Å². The molecule has 0 N–H and O–H groups in total. The van der Waals surface area contributed by atoms with Gasteiger partial charge in [0.25, 0.3) is 0 Å². The summed E-state index contributed by atoms with van der Waals surface area (Å²) < 4.78 is 0. The molecule has 14 heavy (non-hydrogen) atoms. The second-order valence-corrected chi connectivity index (χ2v) is 5.81. The average Bonchev–Trinajstić information content (AvgIpc) is 2.26. The summed E-state index contributed by atoms with van der Waals surface area (Å²) in [6.45, 7) is 2.27. The molecule has 1 heteroatoms. The Labute approximate surface area is 87.8 Å². The number of benzene rings is 2. The number of fused-ring (bicyclic) bond motifs is 1. The zero-order valence-electron chi connectivity index (χ0n) is 8.66. The minimum absolute atomic E-state index is 0.000325. The van der Waals surface area contributed by atoms with Crippen molar-refractivity contribution in [3.05, 3.63) is 42.5 Å². The highest BCUT2D eigenvalue weighted by atomic mass is 28.2. The van der Waals surface area contributed by atoms with E-state index in [0.29, 0.717) is 0 Å². The molecular formula is C13H16Si. The smallest absolute Gasteiger partial charge is 0.0547 e. The van der Waals surface area contributed by atoms with E-state index in [9.17, 15) is 0 Å². The van der Waals surface area contributed by atoms with E-state index in [0.717, 1.165) is 0 Å². The lowest BCUT2D eigenvalue weighted by atomic mass is 10.1. The maximum absolute atomic E-state index is 2.37. The van der Waals surface area contributed by atoms with E-state index in [1.54, 1.807) is 5.19 Å². The van der Waals surface area contributed by atoms with Crippen LogP contribution in [0.3, 0.4) is 0 Å². The summed E-state index contributed by atoms with van der Waals surface area (Å²) in [6.07, 6.45) is 1.33. The van der Waals surface area contributed by atoms with Gasteiger partial charge in [0, 0.05) is 0 Å². The first-order chi connectivity index (χ1) is 6.90. The fraction of sp³-hybridized carbons (Fsp3) is 0.231. The number of hydrogen-bond donors (Lipinski definition) is 0. The molecule has 0 aliphatic carbocycles. The van der Waals surface area contributed by atoms with E-state index in [1.165, 1.54) is 23.2 Å². The van der Waals surface area contributed by atoms with Crippen molar-refractivity contribution >= 4 is 25.5 Å². The molecule has 0 unspecified atom stereocenters. The van der Waals surface area contributed by atoms with Crippen LogP contribution in [0.25, 0.3) is 10.8 Å². The van der Waals surface area contributed by atoms with Gasteiger partial charge in [-0.25, -0.2) is 0 Å². The highest BCUT2D eigenvalue weighted by Crippen LogP contribution is 2.10. The minimum Gasteiger partial charge on any atom is -0.0663 e. The standard InChI is InChI=1S/C13H16Si/c1-2-9-14-13-8-7-11-5-3-4-6-12(11)10-13/h3-8,10H,2,9,14H2,1H3. The van der Waals surface area contributed by atoms with Crippen LogP contribution < -0.4 is 5.19 Å². The molecule has 0 atom stereocenters. The maximum atomic E-state index is 2.37. The summed E-state index contributed by atoms with van der Waals surface area (Å²) >= 11 is 0. The lowest BCUT2D eigenvalue weighted by Crippen LogP contribution is -2.12. The molecule has 0 nitrogen and oxygen atoms in total. The van der Waals surface area contributed by atoms with Crippen LogP contribution in [0.1, 0.15) is 13.3 Å². The zero-order valence-corrected chi connectivity index (χ0v) is 10.1. The third-order valence-electron chi connectivity index (χ3n) is 2.63. The van der Waals surface area contributed by atoms with Gasteiger partial charge in [-0.15, -0.1) is 0 Å². The first-order valence-corrected chi connectivity index (χ1v) is 7.08. The van der Waals surface area contributed by atoms with Gasteiger partial charge in [0.2, 0.25) is 0 Å². The second kappa shape index (κ2) is 4.42. The summed E-state index contributed by atoms with van der Waals surface area (Å²) in [6, 6.07) is 17.0. The van der Waals surface area contributed by atoms with Gasteiger partial charge in [-0.2, -0.15) is 0 Å². The summed E-state index contributed by atoms with van der Waals surface area (Å²) in [5, 5.41) is 4.36. The average molecular weight is 200 g/mol. The van der Waals surface area contributed by atoms with Crippen molar-refractivity contribution in [2.75, 3.05) is 0 Å². The van der Waals surface area contributed by atoms with E-state index < -0.39 is 0 Å². The quantitative estimate of drug-likeness (QED) is 0.668. The van der Waals surface area contributed by atoms with Crippen LogP contribution >= 0.6 is 0 Å². The number of rotatable bonds is 3. The second-order valence-electron chi connectivity index (χ2n) is 3.79. The van der Waals surface area contributed by atoms with Crippen molar-refractivity contribution in [1.29, 1.82) is 0 Å². The fourth-order valence-electron chi connectivity index (χ4n) is 1.78. The van der Waals surface area contributed by atoms with Crippen molar-refractivity contribution < 1.29 is 0 Å². The summed E-state index contributed by atoms with van der Waals surface area (Å²) in [4.78, 5) is 0. The Kier molecular flexibility index (Phi) is 2.99. The molecule has 0 aliphatic heterocycles. The van der Waals surface area contributed by atoms with Gasteiger partial charge in [0.05, 0.1) is 9.52 Å². The molecule has 0 heterocycles.